The summed E-state index contributed by atoms with van der Waals surface area (Å²) in [7, 11) is 0. The van der Waals surface area contributed by atoms with Crippen LogP contribution in [0, 0.1) is 0 Å². The van der Waals surface area contributed by atoms with E-state index in [1.807, 2.05) is 48.5 Å². The Balaban J connectivity index is 1.57. The molecule has 0 heterocycles. The second-order valence-corrected chi connectivity index (χ2v) is 6.11. The first-order valence-electron chi connectivity index (χ1n) is 7.01. The molecular weight excluding hydrogens is 318 g/mol. The first-order chi connectivity index (χ1) is 10.8. The predicted molar refractivity (Wildman–Crippen MR) is 92.6 cm³/mol. The van der Waals surface area contributed by atoms with Gasteiger partial charge in [0.1, 0.15) is 5.75 Å². The van der Waals surface area contributed by atoms with E-state index in [4.69, 9.17) is 16.3 Å². The van der Waals surface area contributed by atoms with Gasteiger partial charge in [0.2, 0.25) is 5.91 Å². The van der Waals surface area contributed by atoms with Gasteiger partial charge in [0.15, 0.2) is 0 Å². The van der Waals surface area contributed by atoms with Crippen LogP contribution in [0.25, 0.3) is 0 Å². The maximum Gasteiger partial charge on any atom is 0.230 e. The standard InChI is InChI=1S/C17H18ClNO2S/c18-15-8-4-5-9-16(15)21-10-11-22-13-17(20)19-12-14-6-2-1-3-7-14/h1-9H,10-13H2,(H,19,20). The number of hydrogen-bond acceptors (Lipinski definition) is 3. The fraction of sp³-hybridized carbons (Fsp3) is 0.235. The number of thioether (sulfide) groups is 1. The fourth-order valence-corrected chi connectivity index (χ4v) is 2.61. The third-order valence-corrected chi connectivity index (χ3v) is 4.12. The van der Waals surface area contributed by atoms with E-state index in [1.54, 1.807) is 17.8 Å². The molecule has 3 nitrogen and oxygen atoms in total. The zero-order valence-electron chi connectivity index (χ0n) is 12.1. The van der Waals surface area contributed by atoms with Crippen molar-refractivity contribution in [1.82, 2.24) is 5.32 Å². The van der Waals surface area contributed by atoms with Gasteiger partial charge in [-0.15, -0.1) is 11.8 Å². The van der Waals surface area contributed by atoms with E-state index < -0.39 is 0 Å². The maximum atomic E-state index is 11.7. The molecule has 0 aliphatic rings. The zero-order chi connectivity index (χ0) is 15.6. The molecule has 2 aromatic carbocycles. The van der Waals surface area contributed by atoms with Crippen LogP contribution in [0.15, 0.2) is 54.6 Å². The molecule has 5 heteroatoms. The maximum absolute atomic E-state index is 11.7. The molecule has 0 unspecified atom stereocenters. The predicted octanol–water partition coefficient (Wildman–Crippen LogP) is 3.77. The summed E-state index contributed by atoms with van der Waals surface area (Å²) in [5, 5.41) is 3.50. The summed E-state index contributed by atoms with van der Waals surface area (Å²) in [6, 6.07) is 17.2. The molecule has 116 valence electrons. The van der Waals surface area contributed by atoms with Crippen molar-refractivity contribution in [2.75, 3.05) is 18.1 Å². The highest BCUT2D eigenvalue weighted by Gasteiger charge is 2.03. The number of carbonyl (C=O) groups excluding carboxylic acids is 1. The van der Waals surface area contributed by atoms with Crippen molar-refractivity contribution in [3.8, 4) is 5.75 Å². The van der Waals surface area contributed by atoms with Crippen molar-refractivity contribution in [3.63, 3.8) is 0 Å². The van der Waals surface area contributed by atoms with E-state index in [0.29, 0.717) is 29.7 Å². The van der Waals surface area contributed by atoms with Gasteiger partial charge in [-0.25, -0.2) is 0 Å². The number of para-hydroxylation sites is 1. The monoisotopic (exact) mass is 335 g/mol. The minimum atomic E-state index is 0.0339. The minimum Gasteiger partial charge on any atom is -0.491 e. The third-order valence-electron chi connectivity index (χ3n) is 2.89. The molecule has 0 saturated carbocycles. The molecule has 0 radical (unpaired) electrons. The lowest BCUT2D eigenvalue weighted by atomic mass is 10.2. The molecule has 0 aromatic heterocycles. The molecule has 0 bridgehead atoms. The van der Waals surface area contributed by atoms with Crippen LogP contribution in [-0.2, 0) is 11.3 Å². The SMILES string of the molecule is O=C(CSCCOc1ccccc1Cl)NCc1ccccc1. The molecule has 0 spiro atoms. The molecule has 22 heavy (non-hydrogen) atoms. The molecular formula is C17H18ClNO2S. The number of carbonyl (C=O) groups is 1. The fourth-order valence-electron chi connectivity index (χ4n) is 1.78. The van der Waals surface area contributed by atoms with E-state index in [9.17, 15) is 4.79 Å². The Morgan fingerprint density at radius 3 is 2.59 bits per heavy atom. The average Bonchev–Trinajstić information content (AvgIpc) is 2.55. The second-order valence-electron chi connectivity index (χ2n) is 4.59. The summed E-state index contributed by atoms with van der Waals surface area (Å²) in [5.74, 6) is 1.88. The normalized spacial score (nSPS) is 10.2. The molecule has 1 amide bonds. The van der Waals surface area contributed by atoms with Gasteiger partial charge in [0.05, 0.1) is 17.4 Å². The van der Waals surface area contributed by atoms with Crippen molar-refractivity contribution in [3.05, 3.63) is 65.2 Å². The quantitative estimate of drug-likeness (QED) is 0.746. The van der Waals surface area contributed by atoms with Gasteiger partial charge in [-0.1, -0.05) is 54.1 Å². The molecule has 0 saturated heterocycles. The summed E-state index contributed by atoms with van der Waals surface area (Å²) >= 11 is 7.53. The summed E-state index contributed by atoms with van der Waals surface area (Å²) < 4.78 is 5.56. The minimum absolute atomic E-state index is 0.0339. The van der Waals surface area contributed by atoms with Crippen LogP contribution in [0.5, 0.6) is 5.75 Å². The Kier molecular flexibility index (Phi) is 7.13. The Morgan fingerprint density at radius 1 is 1.09 bits per heavy atom. The van der Waals surface area contributed by atoms with E-state index in [0.717, 1.165) is 11.3 Å². The Labute approximate surface area is 140 Å². The van der Waals surface area contributed by atoms with E-state index in [-0.39, 0.29) is 5.91 Å². The van der Waals surface area contributed by atoms with Crippen LogP contribution in [0.3, 0.4) is 0 Å². The molecule has 0 fully saturated rings. The lowest BCUT2D eigenvalue weighted by Crippen LogP contribution is -2.24. The lowest BCUT2D eigenvalue weighted by Gasteiger charge is -2.08. The average molecular weight is 336 g/mol. The topological polar surface area (TPSA) is 38.3 Å². The zero-order valence-corrected chi connectivity index (χ0v) is 13.7. The van der Waals surface area contributed by atoms with Crippen LogP contribution in [0.2, 0.25) is 5.02 Å². The highest BCUT2D eigenvalue weighted by molar-refractivity contribution is 7.99. The van der Waals surface area contributed by atoms with Crippen molar-refractivity contribution < 1.29 is 9.53 Å². The number of ether oxygens (including phenoxy) is 1. The van der Waals surface area contributed by atoms with Crippen LogP contribution in [-0.4, -0.2) is 24.0 Å². The van der Waals surface area contributed by atoms with Gasteiger partial charge in [0, 0.05) is 12.3 Å². The number of halogens is 1. The van der Waals surface area contributed by atoms with Gasteiger partial charge in [0.25, 0.3) is 0 Å². The highest BCUT2D eigenvalue weighted by atomic mass is 35.5. The molecule has 1 N–H and O–H groups in total. The number of rotatable bonds is 8. The number of amides is 1. The molecule has 2 aromatic rings. The van der Waals surface area contributed by atoms with E-state index >= 15 is 0 Å². The van der Waals surface area contributed by atoms with Gasteiger partial charge in [-0.3, -0.25) is 4.79 Å². The molecule has 2 rings (SSSR count). The lowest BCUT2D eigenvalue weighted by molar-refractivity contribution is -0.118. The van der Waals surface area contributed by atoms with E-state index in [2.05, 4.69) is 5.32 Å². The third kappa shape index (κ3) is 6.00. The van der Waals surface area contributed by atoms with Gasteiger partial charge in [-0.05, 0) is 17.7 Å². The number of hydrogen-bond donors (Lipinski definition) is 1. The second kappa shape index (κ2) is 9.38. The van der Waals surface area contributed by atoms with Crippen molar-refractivity contribution in [2.24, 2.45) is 0 Å². The molecule has 0 atom stereocenters. The molecule has 0 aliphatic carbocycles. The molecule has 0 aliphatic heterocycles. The highest BCUT2D eigenvalue weighted by Crippen LogP contribution is 2.23. The Morgan fingerprint density at radius 2 is 1.82 bits per heavy atom. The van der Waals surface area contributed by atoms with Crippen LogP contribution in [0.1, 0.15) is 5.56 Å². The van der Waals surface area contributed by atoms with Gasteiger partial charge in [-0.2, -0.15) is 0 Å². The van der Waals surface area contributed by atoms with Crippen LogP contribution in [0.4, 0.5) is 0 Å². The summed E-state index contributed by atoms with van der Waals surface area (Å²) in [6.07, 6.45) is 0. The largest absolute Gasteiger partial charge is 0.491 e. The van der Waals surface area contributed by atoms with Crippen LogP contribution >= 0.6 is 23.4 Å². The number of nitrogens with one attached hydrogen (secondary N) is 1. The van der Waals surface area contributed by atoms with Gasteiger partial charge >= 0.3 is 0 Å². The summed E-state index contributed by atoms with van der Waals surface area (Å²) in [5.41, 5.74) is 1.10. The summed E-state index contributed by atoms with van der Waals surface area (Å²) in [6.45, 7) is 1.09. The van der Waals surface area contributed by atoms with Crippen LogP contribution < -0.4 is 10.1 Å². The smallest absolute Gasteiger partial charge is 0.230 e. The van der Waals surface area contributed by atoms with Crippen molar-refractivity contribution in [1.29, 1.82) is 0 Å². The first-order valence-corrected chi connectivity index (χ1v) is 8.54. The number of benzene rings is 2. The van der Waals surface area contributed by atoms with Crippen molar-refractivity contribution >= 4 is 29.3 Å². The Bertz CT molecular complexity index is 592. The van der Waals surface area contributed by atoms with Crippen molar-refractivity contribution in [2.45, 2.75) is 6.54 Å². The Hall–Kier alpha value is -1.65. The first kappa shape index (κ1) is 16.7. The summed E-state index contributed by atoms with van der Waals surface area (Å²) in [4.78, 5) is 11.7. The van der Waals surface area contributed by atoms with E-state index in [1.165, 1.54) is 0 Å². The van der Waals surface area contributed by atoms with Gasteiger partial charge < -0.3 is 10.1 Å².